The van der Waals surface area contributed by atoms with Gasteiger partial charge in [-0.1, -0.05) is 13.8 Å². The second kappa shape index (κ2) is 3.13. The smallest absolute Gasteiger partial charge is 0.150 e. The fraction of sp³-hybridized carbons (Fsp3) is 1.00. The maximum absolute atomic E-state index is 11.2. The Labute approximate surface area is 68.9 Å². The molecular formula is C8H16O2S. The summed E-state index contributed by atoms with van der Waals surface area (Å²) in [6.45, 7) is 4.21. The Hall–Kier alpha value is -0.0500. The molecule has 1 fully saturated rings. The van der Waals surface area contributed by atoms with Gasteiger partial charge in [-0.3, -0.25) is 0 Å². The first-order valence-corrected chi connectivity index (χ1v) is 6.04. The van der Waals surface area contributed by atoms with E-state index in [2.05, 4.69) is 13.8 Å². The second-order valence-electron chi connectivity index (χ2n) is 3.76. The van der Waals surface area contributed by atoms with Gasteiger partial charge >= 0.3 is 0 Å². The van der Waals surface area contributed by atoms with Crippen molar-refractivity contribution in [2.75, 3.05) is 11.5 Å². The van der Waals surface area contributed by atoms with E-state index < -0.39 is 9.84 Å². The number of hydrogen-bond acceptors (Lipinski definition) is 2. The van der Waals surface area contributed by atoms with Gasteiger partial charge in [-0.25, -0.2) is 8.42 Å². The SMILES string of the molecule is CC(C)[C@@H]1CCCS(=O)(=O)C1. The predicted molar refractivity (Wildman–Crippen MR) is 46.2 cm³/mol. The zero-order valence-corrected chi connectivity index (χ0v) is 8.02. The summed E-state index contributed by atoms with van der Waals surface area (Å²) in [5, 5.41) is 0. The Morgan fingerprint density at radius 2 is 2.00 bits per heavy atom. The first kappa shape index (κ1) is 9.04. The summed E-state index contributed by atoms with van der Waals surface area (Å²) >= 11 is 0. The van der Waals surface area contributed by atoms with Crippen LogP contribution in [-0.2, 0) is 9.84 Å². The average Bonchev–Trinajstić information content (AvgIpc) is 1.85. The fourth-order valence-electron chi connectivity index (χ4n) is 1.58. The Morgan fingerprint density at radius 1 is 1.36 bits per heavy atom. The van der Waals surface area contributed by atoms with Gasteiger partial charge in [0.15, 0.2) is 9.84 Å². The van der Waals surface area contributed by atoms with Crippen molar-refractivity contribution in [3.8, 4) is 0 Å². The van der Waals surface area contributed by atoms with Crippen molar-refractivity contribution in [1.29, 1.82) is 0 Å². The van der Waals surface area contributed by atoms with E-state index in [4.69, 9.17) is 0 Å². The van der Waals surface area contributed by atoms with Crippen LogP contribution in [0.2, 0.25) is 0 Å². The highest BCUT2D eigenvalue weighted by atomic mass is 32.2. The summed E-state index contributed by atoms with van der Waals surface area (Å²) in [6.07, 6.45) is 1.96. The molecule has 0 aromatic heterocycles. The van der Waals surface area contributed by atoms with Crippen LogP contribution in [-0.4, -0.2) is 19.9 Å². The number of rotatable bonds is 1. The molecule has 0 aliphatic carbocycles. The van der Waals surface area contributed by atoms with Crippen molar-refractivity contribution in [3.05, 3.63) is 0 Å². The van der Waals surface area contributed by atoms with Crippen LogP contribution in [0.5, 0.6) is 0 Å². The first-order chi connectivity index (χ1) is 5.01. The zero-order chi connectivity index (χ0) is 8.48. The molecular weight excluding hydrogens is 160 g/mol. The molecule has 0 aromatic carbocycles. The molecule has 0 spiro atoms. The van der Waals surface area contributed by atoms with Crippen LogP contribution < -0.4 is 0 Å². The molecule has 11 heavy (non-hydrogen) atoms. The largest absolute Gasteiger partial charge is 0.229 e. The summed E-state index contributed by atoms with van der Waals surface area (Å²) in [4.78, 5) is 0. The highest BCUT2D eigenvalue weighted by molar-refractivity contribution is 7.91. The van der Waals surface area contributed by atoms with Crippen LogP contribution in [0.4, 0.5) is 0 Å². The molecule has 0 N–H and O–H groups in total. The van der Waals surface area contributed by atoms with E-state index in [0.717, 1.165) is 12.8 Å². The van der Waals surface area contributed by atoms with Gasteiger partial charge in [-0.05, 0) is 24.7 Å². The third-order valence-electron chi connectivity index (χ3n) is 2.44. The Balaban J connectivity index is 2.61. The molecule has 0 aromatic rings. The van der Waals surface area contributed by atoms with Gasteiger partial charge in [0.05, 0.1) is 11.5 Å². The molecule has 1 atom stereocenters. The molecule has 1 rings (SSSR count). The summed E-state index contributed by atoms with van der Waals surface area (Å²) in [6, 6.07) is 0. The summed E-state index contributed by atoms with van der Waals surface area (Å²) in [5.74, 6) is 1.76. The van der Waals surface area contributed by atoms with Crippen molar-refractivity contribution in [2.24, 2.45) is 11.8 Å². The van der Waals surface area contributed by atoms with Crippen molar-refractivity contribution in [3.63, 3.8) is 0 Å². The van der Waals surface area contributed by atoms with E-state index in [1.54, 1.807) is 0 Å². The van der Waals surface area contributed by atoms with Crippen LogP contribution in [0.3, 0.4) is 0 Å². The topological polar surface area (TPSA) is 34.1 Å². The lowest BCUT2D eigenvalue weighted by Gasteiger charge is -2.24. The molecule has 1 heterocycles. The maximum Gasteiger partial charge on any atom is 0.150 e. The minimum atomic E-state index is -2.68. The van der Waals surface area contributed by atoms with Gasteiger partial charge in [0, 0.05) is 0 Å². The van der Waals surface area contributed by atoms with Gasteiger partial charge < -0.3 is 0 Å². The van der Waals surface area contributed by atoms with Crippen LogP contribution in [0.15, 0.2) is 0 Å². The highest BCUT2D eigenvalue weighted by Gasteiger charge is 2.26. The second-order valence-corrected chi connectivity index (χ2v) is 5.99. The Morgan fingerprint density at radius 3 is 2.36 bits per heavy atom. The van der Waals surface area contributed by atoms with Crippen LogP contribution in [0.25, 0.3) is 0 Å². The molecule has 0 radical (unpaired) electrons. The van der Waals surface area contributed by atoms with E-state index in [1.807, 2.05) is 0 Å². The summed E-state index contributed by atoms with van der Waals surface area (Å²) < 4.78 is 22.3. The van der Waals surface area contributed by atoms with Gasteiger partial charge in [0.1, 0.15) is 0 Å². The lowest BCUT2D eigenvalue weighted by atomic mass is 9.93. The molecule has 2 nitrogen and oxygen atoms in total. The third kappa shape index (κ3) is 2.47. The van der Waals surface area contributed by atoms with Crippen LogP contribution in [0, 0.1) is 11.8 Å². The number of sulfone groups is 1. The minimum absolute atomic E-state index is 0.411. The van der Waals surface area contributed by atoms with Crippen molar-refractivity contribution in [1.82, 2.24) is 0 Å². The maximum atomic E-state index is 11.2. The van der Waals surface area contributed by atoms with Gasteiger partial charge in [0.2, 0.25) is 0 Å². The lowest BCUT2D eigenvalue weighted by molar-refractivity contribution is 0.376. The van der Waals surface area contributed by atoms with Crippen molar-refractivity contribution < 1.29 is 8.42 Å². The van der Waals surface area contributed by atoms with E-state index in [1.165, 1.54) is 0 Å². The van der Waals surface area contributed by atoms with Crippen LogP contribution in [0.1, 0.15) is 26.7 Å². The molecule has 1 saturated heterocycles. The number of hydrogen-bond donors (Lipinski definition) is 0. The standard InChI is InChI=1S/C8H16O2S/c1-7(2)8-4-3-5-11(9,10)6-8/h7-8H,3-6H2,1-2H3/t8-/m1/s1. The molecule has 0 amide bonds. The molecule has 66 valence electrons. The van der Waals surface area contributed by atoms with Gasteiger partial charge in [-0.2, -0.15) is 0 Å². The Bertz CT molecular complexity index is 216. The average molecular weight is 176 g/mol. The monoisotopic (exact) mass is 176 g/mol. The van der Waals surface area contributed by atoms with Gasteiger partial charge in [-0.15, -0.1) is 0 Å². The molecule has 0 bridgehead atoms. The normalized spacial score (nSPS) is 30.6. The van der Waals surface area contributed by atoms with E-state index in [9.17, 15) is 8.42 Å². The van der Waals surface area contributed by atoms with Crippen molar-refractivity contribution in [2.45, 2.75) is 26.7 Å². The Kier molecular flexibility index (Phi) is 2.58. The molecule has 0 unspecified atom stereocenters. The van der Waals surface area contributed by atoms with Crippen molar-refractivity contribution >= 4 is 9.84 Å². The van der Waals surface area contributed by atoms with Gasteiger partial charge in [0.25, 0.3) is 0 Å². The molecule has 1 aliphatic heterocycles. The fourth-order valence-corrected chi connectivity index (χ4v) is 3.56. The third-order valence-corrected chi connectivity index (χ3v) is 4.29. The lowest BCUT2D eigenvalue weighted by Crippen LogP contribution is -2.28. The zero-order valence-electron chi connectivity index (χ0n) is 7.21. The quantitative estimate of drug-likeness (QED) is 0.606. The summed E-state index contributed by atoms with van der Waals surface area (Å²) in [7, 11) is -2.68. The predicted octanol–water partition coefficient (Wildman–Crippen LogP) is 1.47. The molecule has 3 heteroatoms. The van der Waals surface area contributed by atoms with Crippen LogP contribution >= 0.6 is 0 Å². The minimum Gasteiger partial charge on any atom is -0.229 e. The van der Waals surface area contributed by atoms with E-state index in [0.29, 0.717) is 23.3 Å². The first-order valence-electron chi connectivity index (χ1n) is 4.22. The molecule has 1 aliphatic rings. The van der Waals surface area contributed by atoms with E-state index >= 15 is 0 Å². The van der Waals surface area contributed by atoms with E-state index in [-0.39, 0.29) is 0 Å². The molecule has 0 saturated carbocycles. The highest BCUT2D eigenvalue weighted by Crippen LogP contribution is 2.24. The summed E-state index contributed by atoms with van der Waals surface area (Å²) in [5.41, 5.74) is 0.